The molecule has 6 rings (SSSR count). The van der Waals surface area contributed by atoms with E-state index in [0.29, 0.717) is 5.70 Å². The van der Waals surface area contributed by atoms with Crippen molar-refractivity contribution in [3.8, 4) is 0 Å². The Bertz CT molecular complexity index is 1220. The highest BCUT2D eigenvalue weighted by Crippen LogP contribution is 2.51. The topological polar surface area (TPSA) is 20.3 Å². The number of allylic oxidation sites excluding steroid dienone is 4. The Hall–Kier alpha value is -3.30. The van der Waals surface area contributed by atoms with Gasteiger partial charge < -0.3 is 4.90 Å². The smallest absolute Gasteiger partial charge is 0.210 e. The van der Waals surface area contributed by atoms with Gasteiger partial charge in [0.05, 0.1) is 17.1 Å². The summed E-state index contributed by atoms with van der Waals surface area (Å²) in [5, 5.41) is 0. The predicted octanol–water partition coefficient (Wildman–Crippen LogP) is 6.24. The van der Waals surface area contributed by atoms with E-state index in [1.165, 1.54) is 0 Å². The highest BCUT2D eigenvalue weighted by molar-refractivity contribution is 7.99. The van der Waals surface area contributed by atoms with E-state index in [1.807, 2.05) is 48.6 Å². The van der Waals surface area contributed by atoms with Crippen LogP contribution >= 0.6 is 11.8 Å². The molecule has 2 nitrogen and oxygen atoms in total. The van der Waals surface area contributed by atoms with Crippen LogP contribution in [0.5, 0.6) is 0 Å². The molecule has 0 unspecified atom stereocenters. The fraction of sp³-hybridized carbons (Fsp3) is 0. The van der Waals surface area contributed by atoms with Crippen molar-refractivity contribution in [1.82, 2.24) is 0 Å². The maximum atomic E-state index is 13.6. The van der Waals surface area contributed by atoms with Crippen molar-refractivity contribution in [1.29, 1.82) is 0 Å². The van der Waals surface area contributed by atoms with Crippen molar-refractivity contribution in [2.45, 2.75) is 9.79 Å². The zero-order valence-corrected chi connectivity index (χ0v) is 15.7. The first kappa shape index (κ1) is 15.7. The zero-order valence-electron chi connectivity index (χ0n) is 14.9. The number of fused-ring (bicyclic) bond motifs is 5. The van der Waals surface area contributed by atoms with Gasteiger partial charge in [0.15, 0.2) is 0 Å². The summed E-state index contributed by atoms with van der Waals surface area (Å²) in [4.78, 5) is 18.0. The minimum atomic E-state index is 0.0743. The molecular formula is C25H15NOS. The minimum Gasteiger partial charge on any atom is -0.305 e. The Balaban J connectivity index is 1.55. The number of para-hydroxylation sites is 2. The molecule has 0 saturated heterocycles. The summed E-state index contributed by atoms with van der Waals surface area (Å²) in [6.45, 7) is 0. The van der Waals surface area contributed by atoms with Crippen molar-refractivity contribution >= 4 is 40.6 Å². The lowest BCUT2D eigenvalue weighted by Crippen LogP contribution is -2.27. The van der Waals surface area contributed by atoms with Gasteiger partial charge in [-0.1, -0.05) is 66.4 Å². The van der Waals surface area contributed by atoms with Crippen LogP contribution in [-0.2, 0) is 4.79 Å². The normalized spacial score (nSPS) is 16.4. The van der Waals surface area contributed by atoms with Gasteiger partial charge in [-0.05, 0) is 53.1 Å². The van der Waals surface area contributed by atoms with Gasteiger partial charge in [-0.25, -0.2) is 0 Å². The molecular weight excluding hydrogens is 362 g/mol. The van der Waals surface area contributed by atoms with E-state index in [4.69, 9.17) is 0 Å². The highest BCUT2D eigenvalue weighted by Gasteiger charge is 2.34. The summed E-state index contributed by atoms with van der Waals surface area (Å²) in [5.41, 5.74) is 6.86. The molecule has 28 heavy (non-hydrogen) atoms. The standard InChI is InChI=1S/C25H15NOS/c27-25-19-15-16-7-1-2-8-17(16)18(19)13-14-22(25)26-20-9-3-5-11-23(20)28-24-12-6-4-10-21(24)26/h1-15H. The molecule has 3 heteroatoms. The summed E-state index contributed by atoms with van der Waals surface area (Å²) < 4.78 is 0. The maximum absolute atomic E-state index is 13.6. The van der Waals surface area contributed by atoms with E-state index >= 15 is 0 Å². The average Bonchev–Trinajstić information content (AvgIpc) is 3.12. The van der Waals surface area contributed by atoms with Gasteiger partial charge in [0.1, 0.15) is 0 Å². The molecule has 3 aromatic rings. The number of carbonyl (C=O) groups excluding carboxylic acids is 1. The van der Waals surface area contributed by atoms with E-state index < -0.39 is 0 Å². The number of nitrogens with zero attached hydrogens (tertiary/aromatic N) is 1. The predicted molar refractivity (Wildman–Crippen MR) is 115 cm³/mol. The van der Waals surface area contributed by atoms with Gasteiger partial charge in [0.25, 0.3) is 0 Å². The van der Waals surface area contributed by atoms with Gasteiger partial charge in [-0.15, -0.1) is 0 Å². The van der Waals surface area contributed by atoms with Crippen LogP contribution < -0.4 is 4.90 Å². The molecule has 0 bridgehead atoms. The Morgan fingerprint density at radius 2 is 1.32 bits per heavy atom. The van der Waals surface area contributed by atoms with Gasteiger partial charge in [-0.2, -0.15) is 0 Å². The molecule has 3 aromatic carbocycles. The van der Waals surface area contributed by atoms with Crippen molar-refractivity contribution in [2.75, 3.05) is 4.90 Å². The van der Waals surface area contributed by atoms with Crippen LogP contribution in [-0.4, -0.2) is 5.78 Å². The Labute approximate surface area is 167 Å². The first-order chi connectivity index (χ1) is 13.8. The van der Waals surface area contributed by atoms with Crippen LogP contribution in [0.4, 0.5) is 11.4 Å². The molecule has 0 fully saturated rings. The Kier molecular flexibility index (Phi) is 3.28. The molecule has 2 aliphatic carbocycles. The lowest BCUT2D eigenvalue weighted by Gasteiger charge is -2.34. The molecule has 0 radical (unpaired) electrons. The third-order valence-corrected chi connectivity index (χ3v) is 6.53. The summed E-state index contributed by atoms with van der Waals surface area (Å²) >= 11 is 1.75. The monoisotopic (exact) mass is 377 g/mol. The number of Topliss-reactive ketones (excluding diaryl/α,β-unsaturated/α-hetero) is 1. The first-order valence-corrected chi connectivity index (χ1v) is 10.1. The molecule has 0 aromatic heterocycles. The third-order valence-electron chi connectivity index (χ3n) is 5.40. The molecule has 132 valence electrons. The maximum Gasteiger partial charge on any atom is 0.210 e. The second kappa shape index (κ2) is 5.85. The Morgan fingerprint density at radius 1 is 0.679 bits per heavy atom. The quantitative estimate of drug-likeness (QED) is 0.501. The van der Waals surface area contributed by atoms with Gasteiger partial charge in [-0.3, -0.25) is 4.79 Å². The molecule has 0 saturated carbocycles. The van der Waals surface area contributed by atoms with Crippen molar-refractivity contribution in [3.05, 3.63) is 107 Å². The first-order valence-electron chi connectivity index (χ1n) is 9.25. The fourth-order valence-corrected chi connectivity index (χ4v) is 5.19. The van der Waals surface area contributed by atoms with Gasteiger partial charge in [0.2, 0.25) is 5.78 Å². The van der Waals surface area contributed by atoms with Crippen LogP contribution in [0.25, 0.3) is 11.6 Å². The molecule has 0 amide bonds. The van der Waals surface area contributed by atoms with E-state index in [2.05, 4.69) is 47.4 Å². The van der Waals surface area contributed by atoms with E-state index in [1.54, 1.807) is 11.8 Å². The van der Waals surface area contributed by atoms with Crippen LogP contribution in [0.2, 0.25) is 0 Å². The molecule has 0 spiro atoms. The number of anilines is 2. The number of ketones is 1. The SMILES string of the molecule is O=C1C2=Cc3ccccc3C2=CC=C1N1c2ccccc2Sc2ccccc21. The second-order valence-corrected chi connectivity index (χ2v) is 8.06. The summed E-state index contributed by atoms with van der Waals surface area (Å²) in [7, 11) is 0. The molecule has 0 atom stereocenters. The van der Waals surface area contributed by atoms with Crippen molar-refractivity contribution in [3.63, 3.8) is 0 Å². The number of carbonyl (C=O) groups is 1. The number of hydrogen-bond acceptors (Lipinski definition) is 3. The number of hydrogen-bond donors (Lipinski definition) is 0. The second-order valence-electron chi connectivity index (χ2n) is 6.98. The largest absolute Gasteiger partial charge is 0.305 e. The molecule has 3 aliphatic rings. The zero-order chi connectivity index (χ0) is 18.7. The molecule has 1 aliphatic heterocycles. The van der Waals surface area contributed by atoms with Crippen molar-refractivity contribution < 1.29 is 4.79 Å². The van der Waals surface area contributed by atoms with Crippen LogP contribution in [0.1, 0.15) is 11.1 Å². The minimum absolute atomic E-state index is 0.0743. The van der Waals surface area contributed by atoms with Crippen LogP contribution in [0.3, 0.4) is 0 Å². The molecule has 1 heterocycles. The molecule has 0 N–H and O–H groups in total. The van der Waals surface area contributed by atoms with E-state index in [0.717, 1.165) is 43.4 Å². The number of rotatable bonds is 1. The van der Waals surface area contributed by atoms with E-state index in [9.17, 15) is 4.79 Å². The van der Waals surface area contributed by atoms with Gasteiger partial charge >= 0.3 is 0 Å². The lowest BCUT2D eigenvalue weighted by atomic mass is 9.93. The summed E-state index contributed by atoms with van der Waals surface area (Å²) in [6, 6.07) is 24.7. The summed E-state index contributed by atoms with van der Waals surface area (Å²) in [5.74, 6) is 0.0743. The summed E-state index contributed by atoms with van der Waals surface area (Å²) in [6.07, 6.45) is 6.08. The highest BCUT2D eigenvalue weighted by atomic mass is 32.2. The van der Waals surface area contributed by atoms with Crippen LogP contribution in [0.15, 0.2) is 106 Å². The third kappa shape index (κ3) is 2.14. The van der Waals surface area contributed by atoms with Crippen LogP contribution in [0, 0.1) is 0 Å². The lowest BCUT2D eigenvalue weighted by molar-refractivity contribution is -0.111. The van der Waals surface area contributed by atoms with E-state index in [-0.39, 0.29) is 5.78 Å². The average molecular weight is 377 g/mol. The van der Waals surface area contributed by atoms with Crippen molar-refractivity contribution in [2.24, 2.45) is 0 Å². The number of benzene rings is 3. The van der Waals surface area contributed by atoms with Gasteiger partial charge in [0, 0.05) is 15.4 Å². The fourth-order valence-electron chi connectivity index (χ4n) is 4.13. The Morgan fingerprint density at radius 3 is 2.07 bits per heavy atom.